The Hall–Kier alpha value is -1.34. The summed E-state index contributed by atoms with van der Waals surface area (Å²) >= 11 is 6.71. The van der Waals surface area contributed by atoms with E-state index in [4.69, 9.17) is 14.2 Å². The third-order valence-electron chi connectivity index (χ3n) is 2.69. The number of carbonyl (C=O) groups excluding carboxylic acids is 2. The highest BCUT2D eigenvalue weighted by Gasteiger charge is 2.38. The van der Waals surface area contributed by atoms with Crippen molar-refractivity contribution in [3.05, 3.63) is 32.2 Å². The van der Waals surface area contributed by atoms with Gasteiger partial charge in [0.15, 0.2) is 0 Å². The van der Waals surface area contributed by atoms with Crippen LogP contribution in [0.1, 0.15) is 19.4 Å². The van der Waals surface area contributed by atoms with Crippen molar-refractivity contribution in [3.63, 3.8) is 0 Å². The third-order valence-corrected chi connectivity index (χ3v) is 3.99. The fourth-order valence-corrected chi connectivity index (χ4v) is 3.02. The molecule has 2 rings (SSSR count). The third kappa shape index (κ3) is 3.47. The minimum absolute atomic E-state index is 0.167. The molecule has 0 spiro atoms. The maximum Gasteiger partial charge on any atom is 0.348 e. The molecule has 0 saturated carbocycles. The largest absolute Gasteiger partial charge is 0.496 e. The lowest BCUT2D eigenvalue weighted by Crippen LogP contribution is -2.41. The summed E-state index contributed by atoms with van der Waals surface area (Å²) in [6.07, 6.45) is 1.40. The molecule has 0 aliphatic carbocycles. The maximum absolute atomic E-state index is 11.9. The monoisotopic (exact) mass is 418 g/mol. The highest BCUT2D eigenvalue weighted by atomic mass is 79.9. The number of benzene rings is 1. The van der Waals surface area contributed by atoms with Gasteiger partial charge in [-0.1, -0.05) is 15.9 Å². The smallest absolute Gasteiger partial charge is 0.348 e. The molecule has 1 fully saturated rings. The van der Waals surface area contributed by atoms with Crippen LogP contribution in [-0.2, 0) is 19.1 Å². The topological polar surface area (TPSA) is 61.8 Å². The van der Waals surface area contributed by atoms with Crippen molar-refractivity contribution in [1.82, 2.24) is 0 Å². The Morgan fingerprint density at radius 1 is 1.10 bits per heavy atom. The van der Waals surface area contributed by atoms with E-state index in [1.807, 2.05) is 0 Å². The van der Waals surface area contributed by atoms with E-state index in [-0.39, 0.29) is 5.57 Å². The molecule has 1 saturated heterocycles. The Labute approximate surface area is 138 Å². The first kappa shape index (κ1) is 16.0. The Balaban J connectivity index is 2.44. The summed E-state index contributed by atoms with van der Waals surface area (Å²) in [5.41, 5.74) is 0.429. The fraction of sp³-hybridized carbons (Fsp3) is 0.286. The van der Waals surface area contributed by atoms with Crippen LogP contribution >= 0.6 is 31.9 Å². The molecule has 0 N–H and O–H groups in total. The zero-order chi connectivity index (χ0) is 15.8. The molecule has 7 heteroatoms. The van der Waals surface area contributed by atoms with Gasteiger partial charge in [0.25, 0.3) is 5.79 Å². The number of carbonyl (C=O) groups is 2. The predicted octanol–water partition coefficient (Wildman–Crippen LogP) is 3.44. The highest BCUT2D eigenvalue weighted by Crippen LogP contribution is 2.33. The van der Waals surface area contributed by atoms with E-state index in [2.05, 4.69) is 31.9 Å². The highest BCUT2D eigenvalue weighted by molar-refractivity contribution is 9.11. The van der Waals surface area contributed by atoms with Crippen molar-refractivity contribution in [2.24, 2.45) is 0 Å². The van der Waals surface area contributed by atoms with Crippen molar-refractivity contribution in [2.75, 3.05) is 7.11 Å². The van der Waals surface area contributed by atoms with E-state index >= 15 is 0 Å². The molecular formula is C14H12Br2O5. The Bertz CT molecular complexity index is 627. The molecule has 1 aromatic rings. The molecule has 0 atom stereocenters. The Kier molecular flexibility index (Phi) is 4.43. The zero-order valence-electron chi connectivity index (χ0n) is 11.5. The van der Waals surface area contributed by atoms with Gasteiger partial charge in [0.2, 0.25) is 0 Å². The van der Waals surface area contributed by atoms with Crippen molar-refractivity contribution in [2.45, 2.75) is 19.6 Å². The van der Waals surface area contributed by atoms with Gasteiger partial charge in [-0.25, -0.2) is 9.59 Å². The van der Waals surface area contributed by atoms with Crippen molar-refractivity contribution in [3.8, 4) is 5.75 Å². The van der Waals surface area contributed by atoms with Gasteiger partial charge < -0.3 is 14.2 Å². The van der Waals surface area contributed by atoms with Gasteiger partial charge in [-0.15, -0.1) is 0 Å². The van der Waals surface area contributed by atoms with Crippen molar-refractivity contribution >= 4 is 49.9 Å². The number of methoxy groups -OCH3 is 1. The van der Waals surface area contributed by atoms with Crippen LogP contribution in [-0.4, -0.2) is 24.8 Å². The lowest BCUT2D eigenvalue weighted by atomic mass is 10.1. The van der Waals surface area contributed by atoms with E-state index in [0.29, 0.717) is 15.8 Å². The van der Waals surface area contributed by atoms with Gasteiger partial charge in [0.05, 0.1) is 11.6 Å². The van der Waals surface area contributed by atoms with Crippen molar-refractivity contribution in [1.29, 1.82) is 0 Å². The number of ether oxygens (including phenoxy) is 3. The van der Waals surface area contributed by atoms with Crippen LogP contribution < -0.4 is 4.74 Å². The van der Waals surface area contributed by atoms with Crippen LogP contribution in [0.2, 0.25) is 0 Å². The lowest BCUT2D eigenvalue weighted by Gasteiger charge is -2.29. The first-order valence-corrected chi connectivity index (χ1v) is 7.53. The normalized spacial score (nSPS) is 17.1. The SMILES string of the molecule is COc1cc(C=C2C(=O)OC(C)(C)OC2=O)c(Br)cc1Br. The molecular weight excluding hydrogens is 408 g/mol. The number of esters is 2. The van der Waals surface area contributed by atoms with Gasteiger partial charge in [-0.05, 0) is 39.7 Å². The minimum atomic E-state index is -1.25. The van der Waals surface area contributed by atoms with Gasteiger partial charge in [-0.3, -0.25) is 0 Å². The van der Waals surface area contributed by atoms with Crippen molar-refractivity contribution < 1.29 is 23.8 Å². The molecule has 0 radical (unpaired) electrons. The summed E-state index contributed by atoms with van der Waals surface area (Å²) in [5, 5.41) is 0. The number of hydrogen-bond donors (Lipinski definition) is 0. The minimum Gasteiger partial charge on any atom is -0.496 e. The van der Waals surface area contributed by atoms with Crippen LogP contribution in [0.25, 0.3) is 6.08 Å². The second-order valence-corrected chi connectivity index (χ2v) is 6.45. The average Bonchev–Trinajstić information content (AvgIpc) is 2.34. The van der Waals surface area contributed by atoms with E-state index < -0.39 is 17.7 Å². The predicted molar refractivity (Wildman–Crippen MR) is 82.6 cm³/mol. The van der Waals surface area contributed by atoms with Gasteiger partial charge in [0, 0.05) is 18.3 Å². The summed E-state index contributed by atoms with van der Waals surface area (Å²) in [7, 11) is 1.52. The summed E-state index contributed by atoms with van der Waals surface area (Å²) in [5.74, 6) is -2.11. The van der Waals surface area contributed by atoms with Crippen LogP contribution in [0.3, 0.4) is 0 Å². The molecule has 112 valence electrons. The number of hydrogen-bond acceptors (Lipinski definition) is 5. The molecule has 0 aromatic heterocycles. The van der Waals surface area contributed by atoms with Gasteiger partial charge >= 0.3 is 11.9 Å². The summed E-state index contributed by atoms with van der Waals surface area (Å²) < 4.78 is 16.7. The number of rotatable bonds is 2. The van der Waals surface area contributed by atoms with E-state index in [0.717, 1.165) is 4.47 Å². The van der Waals surface area contributed by atoms with E-state index in [1.54, 1.807) is 12.1 Å². The number of cyclic esters (lactones) is 2. The zero-order valence-corrected chi connectivity index (χ0v) is 14.7. The molecule has 0 amide bonds. The molecule has 1 aromatic carbocycles. The van der Waals surface area contributed by atoms with Crippen LogP contribution in [0, 0.1) is 0 Å². The summed E-state index contributed by atoms with van der Waals surface area (Å²) in [6, 6.07) is 3.44. The second kappa shape index (κ2) is 5.81. The first-order chi connectivity index (χ1) is 9.73. The quantitative estimate of drug-likeness (QED) is 0.417. The lowest BCUT2D eigenvalue weighted by molar-refractivity contribution is -0.222. The van der Waals surface area contributed by atoms with E-state index in [1.165, 1.54) is 27.0 Å². The Morgan fingerprint density at radius 3 is 2.19 bits per heavy atom. The second-order valence-electron chi connectivity index (χ2n) is 4.75. The summed E-state index contributed by atoms with van der Waals surface area (Å²) in [6.45, 7) is 3.00. The molecule has 1 aliphatic rings. The van der Waals surface area contributed by atoms with Crippen LogP contribution in [0.15, 0.2) is 26.7 Å². The standard InChI is InChI=1S/C14H12Br2O5/c1-14(2)20-12(17)8(13(18)21-14)4-7-5-11(19-3)10(16)6-9(7)15/h4-6H,1-3H3. The fourth-order valence-electron chi connectivity index (χ4n) is 1.75. The Morgan fingerprint density at radius 2 is 1.67 bits per heavy atom. The molecule has 0 unspecified atom stereocenters. The molecule has 21 heavy (non-hydrogen) atoms. The summed E-state index contributed by atoms with van der Waals surface area (Å²) in [4.78, 5) is 23.8. The molecule has 5 nitrogen and oxygen atoms in total. The average molecular weight is 420 g/mol. The maximum atomic E-state index is 11.9. The number of halogens is 2. The van der Waals surface area contributed by atoms with Gasteiger partial charge in [0.1, 0.15) is 11.3 Å². The van der Waals surface area contributed by atoms with Gasteiger partial charge in [-0.2, -0.15) is 0 Å². The molecule has 1 heterocycles. The van der Waals surface area contributed by atoms with Crippen LogP contribution in [0.4, 0.5) is 0 Å². The first-order valence-electron chi connectivity index (χ1n) is 5.95. The van der Waals surface area contributed by atoms with Crippen LogP contribution in [0.5, 0.6) is 5.75 Å². The molecule has 0 bridgehead atoms. The molecule has 1 aliphatic heterocycles. The van der Waals surface area contributed by atoms with E-state index in [9.17, 15) is 9.59 Å².